The minimum absolute atomic E-state index is 0.0716. The smallest absolute Gasteiger partial charge is 0.0590 e. The lowest BCUT2D eigenvalue weighted by Crippen LogP contribution is -2.42. The van der Waals surface area contributed by atoms with Crippen LogP contribution in [0, 0.1) is 6.92 Å². The van der Waals surface area contributed by atoms with Gasteiger partial charge in [-0.1, -0.05) is 23.8 Å². The SMILES string of the molecule is Cc1ccc2c(c1)CN[C@@H](CO)[C@@H]2CCO. The second-order valence-corrected chi connectivity index (χ2v) is 4.49. The lowest BCUT2D eigenvalue weighted by Gasteiger charge is -2.33. The van der Waals surface area contributed by atoms with E-state index in [-0.39, 0.29) is 25.2 Å². The van der Waals surface area contributed by atoms with E-state index in [0.29, 0.717) is 6.42 Å². The van der Waals surface area contributed by atoms with Gasteiger partial charge in [-0.2, -0.15) is 0 Å². The standard InChI is InChI=1S/C13H19NO2/c1-9-2-3-11-10(6-9)7-14-13(8-16)12(11)4-5-15/h2-3,6,12-16H,4-5,7-8H2,1H3/t12-,13+/m1/s1. The highest BCUT2D eigenvalue weighted by molar-refractivity contribution is 5.37. The zero-order chi connectivity index (χ0) is 11.5. The quantitative estimate of drug-likeness (QED) is 0.711. The van der Waals surface area contributed by atoms with Gasteiger partial charge in [-0.15, -0.1) is 0 Å². The number of hydrogen-bond acceptors (Lipinski definition) is 3. The summed E-state index contributed by atoms with van der Waals surface area (Å²) in [6.07, 6.45) is 0.703. The fourth-order valence-corrected chi connectivity index (χ4v) is 2.54. The molecule has 88 valence electrons. The molecule has 0 saturated heterocycles. The van der Waals surface area contributed by atoms with E-state index in [1.54, 1.807) is 0 Å². The molecule has 1 aliphatic rings. The number of benzene rings is 1. The van der Waals surface area contributed by atoms with Gasteiger partial charge in [-0.3, -0.25) is 0 Å². The first-order valence-electron chi connectivity index (χ1n) is 5.80. The van der Waals surface area contributed by atoms with E-state index in [0.717, 1.165) is 6.54 Å². The van der Waals surface area contributed by atoms with Gasteiger partial charge < -0.3 is 15.5 Å². The summed E-state index contributed by atoms with van der Waals surface area (Å²) in [7, 11) is 0. The first kappa shape index (κ1) is 11.6. The normalized spacial score (nSPS) is 24.2. The fraction of sp³-hybridized carbons (Fsp3) is 0.538. The fourth-order valence-electron chi connectivity index (χ4n) is 2.54. The Morgan fingerprint density at radius 2 is 2.19 bits per heavy atom. The van der Waals surface area contributed by atoms with Crippen molar-refractivity contribution in [3.63, 3.8) is 0 Å². The van der Waals surface area contributed by atoms with Crippen LogP contribution in [0.25, 0.3) is 0 Å². The first-order chi connectivity index (χ1) is 7.76. The number of fused-ring (bicyclic) bond motifs is 1. The maximum Gasteiger partial charge on any atom is 0.0590 e. The van der Waals surface area contributed by atoms with E-state index in [4.69, 9.17) is 5.11 Å². The van der Waals surface area contributed by atoms with Crippen LogP contribution in [0.5, 0.6) is 0 Å². The van der Waals surface area contributed by atoms with Gasteiger partial charge in [0.1, 0.15) is 0 Å². The lowest BCUT2D eigenvalue weighted by molar-refractivity contribution is 0.192. The molecule has 3 heteroatoms. The Hall–Kier alpha value is -0.900. The van der Waals surface area contributed by atoms with Crippen molar-refractivity contribution in [3.05, 3.63) is 34.9 Å². The Morgan fingerprint density at radius 3 is 2.88 bits per heavy atom. The van der Waals surface area contributed by atoms with Gasteiger partial charge in [0.15, 0.2) is 0 Å². The second kappa shape index (κ2) is 4.95. The van der Waals surface area contributed by atoms with E-state index in [1.807, 2.05) is 0 Å². The molecule has 1 heterocycles. The van der Waals surface area contributed by atoms with Crippen molar-refractivity contribution in [2.45, 2.75) is 31.8 Å². The summed E-state index contributed by atoms with van der Waals surface area (Å²) in [5.74, 6) is 0.222. The molecule has 0 aliphatic carbocycles. The van der Waals surface area contributed by atoms with Crippen molar-refractivity contribution in [2.24, 2.45) is 0 Å². The predicted octanol–water partition coefficient (Wildman–Crippen LogP) is 0.925. The van der Waals surface area contributed by atoms with E-state index in [1.165, 1.54) is 16.7 Å². The van der Waals surface area contributed by atoms with Crippen molar-refractivity contribution in [1.82, 2.24) is 5.32 Å². The Bertz CT molecular complexity index is 365. The highest BCUT2D eigenvalue weighted by atomic mass is 16.3. The number of aliphatic hydroxyl groups is 2. The topological polar surface area (TPSA) is 52.5 Å². The van der Waals surface area contributed by atoms with E-state index >= 15 is 0 Å². The van der Waals surface area contributed by atoms with Gasteiger partial charge in [0.05, 0.1) is 6.61 Å². The molecule has 1 aliphatic heterocycles. The van der Waals surface area contributed by atoms with Crippen LogP contribution in [0.3, 0.4) is 0 Å². The summed E-state index contributed by atoms with van der Waals surface area (Å²) in [6, 6.07) is 6.49. The van der Waals surface area contributed by atoms with Gasteiger partial charge >= 0.3 is 0 Å². The van der Waals surface area contributed by atoms with Gasteiger partial charge in [-0.05, 0) is 24.5 Å². The zero-order valence-corrected chi connectivity index (χ0v) is 9.61. The van der Waals surface area contributed by atoms with Crippen LogP contribution in [0.15, 0.2) is 18.2 Å². The average molecular weight is 221 g/mol. The maximum atomic E-state index is 9.32. The molecular formula is C13H19NO2. The molecule has 0 radical (unpaired) electrons. The molecule has 0 aromatic heterocycles. The maximum absolute atomic E-state index is 9.32. The molecule has 3 nitrogen and oxygen atoms in total. The molecule has 3 N–H and O–H groups in total. The summed E-state index contributed by atoms with van der Waals surface area (Å²) in [6.45, 7) is 3.18. The van der Waals surface area contributed by atoms with Gasteiger partial charge in [0.2, 0.25) is 0 Å². The molecule has 0 bridgehead atoms. The largest absolute Gasteiger partial charge is 0.396 e. The molecule has 0 saturated carbocycles. The molecule has 0 spiro atoms. The van der Waals surface area contributed by atoms with Crippen molar-refractivity contribution >= 4 is 0 Å². The number of aryl methyl sites for hydroxylation is 1. The first-order valence-corrected chi connectivity index (χ1v) is 5.80. The Balaban J connectivity index is 2.33. The summed E-state index contributed by atoms with van der Waals surface area (Å²) in [5, 5.41) is 21.8. The minimum atomic E-state index is 0.0716. The van der Waals surface area contributed by atoms with Crippen LogP contribution in [-0.4, -0.2) is 29.5 Å². The van der Waals surface area contributed by atoms with Gasteiger partial charge in [0.25, 0.3) is 0 Å². The number of nitrogens with one attached hydrogen (secondary N) is 1. The van der Waals surface area contributed by atoms with E-state index < -0.39 is 0 Å². The second-order valence-electron chi connectivity index (χ2n) is 4.49. The van der Waals surface area contributed by atoms with Crippen LogP contribution >= 0.6 is 0 Å². The van der Waals surface area contributed by atoms with Crippen molar-refractivity contribution in [1.29, 1.82) is 0 Å². The molecule has 2 rings (SSSR count). The predicted molar refractivity (Wildman–Crippen MR) is 63.3 cm³/mol. The van der Waals surface area contributed by atoms with Crippen molar-refractivity contribution in [3.8, 4) is 0 Å². The monoisotopic (exact) mass is 221 g/mol. The lowest BCUT2D eigenvalue weighted by atomic mass is 9.82. The Labute approximate surface area is 96.1 Å². The summed E-state index contributed by atoms with van der Waals surface area (Å²) < 4.78 is 0. The highest BCUT2D eigenvalue weighted by Crippen LogP contribution is 2.31. The van der Waals surface area contributed by atoms with Crippen LogP contribution in [0.2, 0.25) is 0 Å². The summed E-state index contributed by atoms with van der Waals surface area (Å²) in [5.41, 5.74) is 3.83. The molecule has 1 aromatic carbocycles. The summed E-state index contributed by atoms with van der Waals surface area (Å²) in [4.78, 5) is 0. The van der Waals surface area contributed by atoms with E-state index in [2.05, 4.69) is 30.4 Å². The Kier molecular flexibility index (Phi) is 3.59. The van der Waals surface area contributed by atoms with Crippen molar-refractivity contribution < 1.29 is 10.2 Å². The summed E-state index contributed by atoms with van der Waals surface area (Å²) >= 11 is 0. The third kappa shape index (κ3) is 2.12. The molecule has 2 atom stereocenters. The molecule has 0 unspecified atom stereocenters. The third-order valence-corrected chi connectivity index (χ3v) is 3.38. The number of hydrogen-bond donors (Lipinski definition) is 3. The van der Waals surface area contributed by atoms with Crippen LogP contribution in [0.4, 0.5) is 0 Å². The average Bonchev–Trinajstić information content (AvgIpc) is 2.29. The van der Waals surface area contributed by atoms with E-state index in [9.17, 15) is 5.11 Å². The molecule has 0 amide bonds. The van der Waals surface area contributed by atoms with Gasteiger partial charge in [-0.25, -0.2) is 0 Å². The number of rotatable bonds is 3. The highest BCUT2D eigenvalue weighted by Gasteiger charge is 2.27. The number of aliphatic hydroxyl groups excluding tert-OH is 2. The molecule has 1 aromatic rings. The van der Waals surface area contributed by atoms with Crippen LogP contribution < -0.4 is 5.32 Å². The Morgan fingerprint density at radius 1 is 1.38 bits per heavy atom. The van der Waals surface area contributed by atoms with Gasteiger partial charge in [0, 0.05) is 25.1 Å². The molecule has 16 heavy (non-hydrogen) atoms. The molecule has 0 fully saturated rings. The van der Waals surface area contributed by atoms with Crippen LogP contribution in [0.1, 0.15) is 29.0 Å². The van der Waals surface area contributed by atoms with Crippen molar-refractivity contribution in [2.75, 3.05) is 13.2 Å². The van der Waals surface area contributed by atoms with Crippen LogP contribution in [-0.2, 0) is 6.54 Å². The third-order valence-electron chi connectivity index (χ3n) is 3.38. The zero-order valence-electron chi connectivity index (χ0n) is 9.61. The minimum Gasteiger partial charge on any atom is -0.396 e. The molecular weight excluding hydrogens is 202 g/mol.